The van der Waals surface area contributed by atoms with Gasteiger partial charge in [0.15, 0.2) is 0 Å². The van der Waals surface area contributed by atoms with E-state index in [0.29, 0.717) is 5.92 Å². The molecule has 4 heteroatoms. The molecule has 3 N–H and O–H groups in total. The minimum atomic E-state index is 0.137. The highest BCUT2D eigenvalue weighted by molar-refractivity contribution is 9.10. The van der Waals surface area contributed by atoms with Gasteiger partial charge in [-0.05, 0) is 40.4 Å². The molecule has 0 radical (unpaired) electrons. The van der Waals surface area contributed by atoms with Crippen molar-refractivity contribution in [3.63, 3.8) is 0 Å². The first kappa shape index (κ1) is 12.6. The van der Waals surface area contributed by atoms with E-state index in [1.54, 1.807) is 6.20 Å². The van der Waals surface area contributed by atoms with E-state index in [9.17, 15) is 0 Å². The third kappa shape index (κ3) is 3.55. The van der Waals surface area contributed by atoms with Crippen LogP contribution >= 0.6 is 15.9 Å². The highest BCUT2D eigenvalue weighted by Crippen LogP contribution is 2.23. The summed E-state index contributed by atoms with van der Waals surface area (Å²) in [6, 6.07) is 4.13. The zero-order valence-corrected chi connectivity index (χ0v) is 10.8. The van der Waals surface area contributed by atoms with E-state index >= 15 is 0 Å². The summed E-state index contributed by atoms with van der Waals surface area (Å²) in [5.74, 6) is 6.07. The van der Waals surface area contributed by atoms with Gasteiger partial charge in [0, 0.05) is 10.7 Å². The van der Waals surface area contributed by atoms with Gasteiger partial charge in [-0.3, -0.25) is 16.3 Å². The summed E-state index contributed by atoms with van der Waals surface area (Å²) in [6.07, 6.45) is 4.11. The molecule has 15 heavy (non-hydrogen) atoms. The van der Waals surface area contributed by atoms with Crippen molar-refractivity contribution in [2.24, 2.45) is 11.8 Å². The van der Waals surface area contributed by atoms with Crippen LogP contribution in [0.15, 0.2) is 22.8 Å². The lowest BCUT2D eigenvalue weighted by atomic mass is 9.94. The maximum Gasteiger partial charge on any atom is 0.0657 e. The minimum absolute atomic E-state index is 0.137. The molecule has 84 valence electrons. The first-order valence-corrected chi connectivity index (χ1v) is 6.06. The Kier molecular flexibility index (Phi) is 5.22. The van der Waals surface area contributed by atoms with Crippen LogP contribution in [0, 0.1) is 5.92 Å². The van der Waals surface area contributed by atoms with Gasteiger partial charge in [-0.25, -0.2) is 0 Å². The average molecular weight is 272 g/mol. The predicted molar refractivity (Wildman–Crippen MR) is 66.1 cm³/mol. The van der Waals surface area contributed by atoms with Crippen LogP contribution in [-0.4, -0.2) is 4.98 Å². The SMILES string of the molecule is CCCC(C)C(NN)c1ccc(Br)cn1. The van der Waals surface area contributed by atoms with Crippen molar-refractivity contribution < 1.29 is 0 Å². The smallest absolute Gasteiger partial charge is 0.0657 e. The maximum atomic E-state index is 5.57. The Morgan fingerprint density at radius 3 is 2.73 bits per heavy atom. The van der Waals surface area contributed by atoms with E-state index in [1.165, 1.54) is 0 Å². The fourth-order valence-electron chi connectivity index (χ4n) is 1.73. The molecule has 0 amide bonds. The molecule has 0 saturated heterocycles. The Hall–Kier alpha value is -0.450. The second-order valence-corrected chi connectivity index (χ2v) is 4.73. The summed E-state index contributed by atoms with van der Waals surface area (Å²) >= 11 is 3.37. The molecule has 1 aromatic heterocycles. The van der Waals surface area contributed by atoms with Gasteiger partial charge >= 0.3 is 0 Å². The topological polar surface area (TPSA) is 50.9 Å². The molecule has 0 aliphatic carbocycles. The van der Waals surface area contributed by atoms with Crippen molar-refractivity contribution in [3.05, 3.63) is 28.5 Å². The van der Waals surface area contributed by atoms with E-state index in [1.807, 2.05) is 12.1 Å². The van der Waals surface area contributed by atoms with Gasteiger partial charge in [0.1, 0.15) is 0 Å². The number of rotatable bonds is 5. The van der Waals surface area contributed by atoms with Gasteiger partial charge in [0.25, 0.3) is 0 Å². The zero-order chi connectivity index (χ0) is 11.3. The largest absolute Gasteiger partial charge is 0.271 e. The molecule has 0 bridgehead atoms. The van der Waals surface area contributed by atoms with Crippen LogP contribution in [0.3, 0.4) is 0 Å². The number of hydrogen-bond donors (Lipinski definition) is 2. The Balaban J connectivity index is 2.77. The molecule has 0 aliphatic rings. The molecule has 1 rings (SSSR count). The first-order valence-electron chi connectivity index (χ1n) is 5.26. The summed E-state index contributed by atoms with van der Waals surface area (Å²) in [5, 5.41) is 0. The second-order valence-electron chi connectivity index (χ2n) is 3.81. The first-order chi connectivity index (χ1) is 7.19. The van der Waals surface area contributed by atoms with Crippen molar-refractivity contribution in [2.45, 2.75) is 32.7 Å². The molecule has 0 fully saturated rings. The third-order valence-electron chi connectivity index (χ3n) is 2.56. The van der Waals surface area contributed by atoms with E-state index < -0.39 is 0 Å². The number of halogens is 1. The standard InChI is InChI=1S/C11H18BrN3/c1-3-4-8(2)11(15-13)10-6-5-9(12)7-14-10/h5-8,11,15H,3-4,13H2,1-2H3. The number of hydrogen-bond acceptors (Lipinski definition) is 3. The Morgan fingerprint density at radius 2 is 2.27 bits per heavy atom. The molecular formula is C11H18BrN3. The van der Waals surface area contributed by atoms with Crippen molar-refractivity contribution >= 4 is 15.9 Å². The normalized spacial score (nSPS) is 14.9. The quantitative estimate of drug-likeness (QED) is 0.640. The highest BCUT2D eigenvalue weighted by Gasteiger charge is 2.18. The second kappa shape index (κ2) is 6.20. The lowest BCUT2D eigenvalue weighted by molar-refractivity contribution is 0.361. The van der Waals surface area contributed by atoms with Crippen LogP contribution in [0.5, 0.6) is 0 Å². The van der Waals surface area contributed by atoms with Crippen molar-refractivity contribution in [3.8, 4) is 0 Å². The third-order valence-corrected chi connectivity index (χ3v) is 3.03. The fourth-order valence-corrected chi connectivity index (χ4v) is 1.97. The molecular weight excluding hydrogens is 254 g/mol. The van der Waals surface area contributed by atoms with E-state index in [2.05, 4.69) is 40.2 Å². The highest BCUT2D eigenvalue weighted by atomic mass is 79.9. The number of pyridine rings is 1. The Bertz CT molecular complexity index is 286. The van der Waals surface area contributed by atoms with Gasteiger partial charge in [-0.1, -0.05) is 20.3 Å². The zero-order valence-electron chi connectivity index (χ0n) is 9.20. The summed E-state index contributed by atoms with van der Waals surface area (Å²) < 4.78 is 0.991. The summed E-state index contributed by atoms with van der Waals surface area (Å²) in [6.45, 7) is 4.37. The minimum Gasteiger partial charge on any atom is -0.271 e. The van der Waals surface area contributed by atoms with Crippen LogP contribution < -0.4 is 11.3 Å². The number of nitrogens with one attached hydrogen (secondary N) is 1. The lowest BCUT2D eigenvalue weighted by Crippen LogP contribution is -2.33. The molecule has 2 unspecified atom stereocenters. The lowest BCUT2D eigenvalue weighted by Gasteiger charge is -2.22. The van der Waals surface area contributed by atoms with Crippen LogP contribution in [0.2, 0.25) is 0 Å². The van der Waals surface area contributed by atoms with E-state index in [4.69, 9.17) is 5.84 Å². The number of aromatic nitrogens is 1. The molecule has 0 aliphatic heterocycles. The molecule has 1 aromatic rings. The van der Waals surface area contributed by atoms with Gasteiger partial charge in [0.05, 0.1) is 11.7 Å². The van der Waals surface area contributed by atoms with Crippen molar-refractivity contribution in [1.82, 2.24) is 10.4 Å². The molecule has 0 aromatic carbocycles. The summed E-state index contributed by atoms with van der Waals surface area (Å²) in [5.41, 5.74) is 3.85. The van der Waals surface area contributed by atoms with E-state index in [-0.39, 0.29) is 6.04 Å². The molecule has 3 nitrogen and oxygen atoms in total. The van der Waals surface area contributed by atoms with Gasteiger partial charge in [-0.15, -0.1) is 0 Å². The number of hydrazine groups is 1. The maximum absolute atomic E-state index is 5.57. The molecule has 0 saturated carbocycles. The fraction of sp³-hybridized carbons (Fsp3) is 0.545. The van der Waals surface area contributed by atoms with Crippen LogP contribution in [-0.2, 0) is 0 Å². The molecule has 2 atom stereocenters. The van der Waals surface area contributed by atoms with Gasteiger partial charge in [-0.2, -0.15) is 0 Å². The number of nitrogens with zero attached hydrogens (tertiary/aromatic N) is 1. The van der Waals surface area contributed by atoms with Gasteiger partial charge < -0.3 is 0 Å². The van der Waals surface area contributed by atoms with Crippen molar-refractivity contribution in [2.75, 3.05) is 0 Å². The molecule has 0 spiro atoms. The Labute approximate surface area is 99.6 Å². The van der Waals surface area contributed by atoms with Crippen LogP contribution in [0.1, 0.15) is 38.4 Å². The van der Waals surface area contributed by atoms with Crippen LogP contribution in [0.4, 0.5) is 0 Å². The summed E-state index contributed by atoms with van der Waals surface area (Å²) in [4.78, 5) is 4.36. The predicted octanol–water partition coefficient (Wildman–Crippen LogP) is 2.78. The Morgan fingerprint density at radius 1 is 1.53 bits per heavy atom. The van der Waals surface area contributed by atoms with E-state index in [0.717, 1.165) is 23.0 Å². The van der Waals surface area contributed by atoms with Gasteiger partial charge in [0.2, 0.25) is 0 Å². The summed E-state index contributed by atoms with van der Waals surface area (Å²) in [7, 11) is 0. The molecule has 1 heterocycles. The monoisotopic (exact) mass is 271 g/mol. The van der Waals surface area contributed by atoms with Crippen LogP contribution in [0.25, 0.3) is 0 Å². The number of nitrogens with two attached hydrogens (primary N) is 1. The average Bonchev–Trinajstić information content (AvgIpc) is 2.22. The van der Waals surface area contributed by atoms with Crippen molar-refractivity contribution in [1.29, 1.82) is 0 Å².